The molecule has 1 saturated carbocycles. The van der Waals surface area contributed by atoms with E-state index in [9.17, 15) is 5.26 Å². The van der Waals surface area contributed by atoms with Gasteiger partial charge in [-0.3, -0.25) is 0 Å². The van der Waals surface area contributed by atoms with Gasteiger partial charge in [0.1, 0.15) is 23.2 Å². The van der Waals surface area contributed by atoms with Crippen molar-refractivity contribution in [3.8, 4) is 28.6 Å². The molecule has 0 bridgehead atoms. The van der Waals surface area contributed by atoms with E-state index in [4.69, 9.17) is 10.5 Å². The van der Waals surface area contributed by atoms with Gasteiger partial charge in [0.2, 0.25) is 0 Å². The molecule has 0 radical (unpaired) electrons. The van der Waals surface area contributed by atoms with Gasteiger partial charge in [-0.15, -0.1) is 0 Å². The Morgan fingerprint density at radius 3 is 2.76 bits per heavy atom. The van der Waals surface area contributed by atoms with E-state index < -0.39 is 0 Å². The molecule has 1 aliphatic rings. The molecule has 1 fully saturated rings. The second-order valence-corrected chi connectivity index (χ2v) is 6.07. The SMILES string of the molecule is COc1ccc(-n2cccn2)c(-c2cc(C3CC3)nc(N)c2C#N)c1. The molecule has 2 heterocycles. The highest BCUT2D eigenvalue weighted by Crippen LogP contribution is 2.42. The third-order valence-corrected chi connectivity index (χ3v) is 4.42. The molecular formula is C19H17N5O. The number of nitrogens with zero attached hydrogens (tertiary/aromatic N) is 4. The third-order valence-electron chi connectivity index (χ3n) is 4.42. The van der Waals surface area contributed by atoms with Crippen LogP contribution in [-0.4, -0.2) is 21.9 Å². The highest BCUT2D eigenvalue weighted by atomic mass is 16.5. The van der Waals surface area contributed by atoms with Crippen molar-refractivity contribution in [1.29, 1.82) is 5.26 Å². The van der Waals surface area contributed by atoms with Crippen molar-refractivity contribution in [2.45, 2.75) is 18.8 Å². The van der Waals surface area contributed by atoms with Crippen molar-refractivity contribution in [1.82, 2.24) is 14.8 Å². The van der Waals surface area contributed by atoms with Gasteiger partial charge in [0, 0.05) is 35.1 Å². The number of ether oxygens (including phenoxy) is 1. The zero-order chi connectivity index (χ0) is 17.4. The van der Waals surface area contributed by atoms with Crippen molar-refractivity contribution in [2.24, 2.45) is 0 Å². The summed E-state index contributed by atoms with van der Waals surface area (Å²) in [5, 5.41) is 14.0. The van der Waals surface area contributed by atoms with Crippen LogP contribution in [0.1, 0.15) is 30.0 Å². The first-order valence-corrected chi connectivity index (χ1v) is 8.10. The molecule has 6 nitrogen and oxygen atoms in total. The molecule has 3 aromatic rings. The fourth-order valence-corrected chi connectivity index (χ4v) is 2.97. The maximum Gasteiger partial charge on any atom is 0.142 e. The van der Waals surface area contributed by atoms with Gasteiger partial charge in [0.05, 0.1) is 12.8 Å². The summed E-state index contributed by atoms with van der Waals surface area (Å²) < 4.78 is 7.15. The van der Waals surface area contributed by atoms with Crippen molar-refractivity contribution in [3.05, 3.63) is 54.0 Å². The van der Waals surface area contributed by atoms with Crippen molar-refractivity contribution >= 4 is 5.82 Å². The number of rotatable bonds is 4. The molecule has 0 saturated heterocycles. The Morgan fingerprint density at radius 1 is 1.28 bits per heavy atom. The number of pyridine rings is 1. The lowest BCUT2D eigenvalue weighted by Gasteiger charge is -2.15. The molecule has 0 spiro atoms. The molecule has 2 aromatic heterocycles. The fraction of sp³-hybridized carbons (Fsp3) is 0.211. The Bertz CT molecular complexity index is 968. The van der Waals surface area contributed by atoms with Crippen LogP contribution in [0.5, 0.6) is 5.75 Å². The van der Waals surface area contributed by atoms with Gasteiger partial charge in [-0.05, 0) is 43.2 Å². The van der Waals surface area contributed by atoms with Crippen LogP contribution in [0.25, 0.3) is 16.8 Å². The second kappa shape index (κ2) is 5.95. The predicted octanol–water partition coefficient (Wildman–Crippen LogP) is 3.27. The first-order chi connectivity index (χ1) is 12.2. The van der Waals surface area contributed by atoms with E-state index in [0.717, 1.165) is 35.3 Å². The third kappa shape index (κ3) is 2.70. The molecule has 0 amide bonds. The van der Waals surface area contributed by atoms with E-state index >= 15 is 0 Å². The molecular weight excluding hydrogens is 314 g/mol. The van der Waals surface area contributed by atoms with Gasteiger partial charge < -0.3 is 10.5 Å². The molecule has 4 rings (SSSR count). The van der Waals surface area contributed by atoms with E-state index in [1.807, 2.05) is 36.5 Å². The van der Waals surface area contributed by atoms with Crippen LogP contribution in [0, 0.1) is 11.3 Å². The summed E-state index contributed by atoms with van der Waals surface area (Å²) in [5.41, 5.74) is 9.88. The summed E-state index contributed by atoms with van der Waals surface area (Å²) in [7, 11) is 1.62. The highest BCUT2D eigenvalue weighted by Gasteiger charge is 2.27. The maximum atomic E-state index is 9.63. The fourth-order valence-electron chi connectivity index (χ4n) is 2.97. The van der Waals surface area contributed by atoms with Crippen LogP contribution in [0.4, 0.5) is 5.82 Å². The molecule has 0 aliphatic heterocycles. The van der Waals surface area contributed by atoms with Crippen LogP contribution >= 0.6 is 0 Å². The lowest BCUT2D eigenvalue weighted by atomic mass is 9.97. The summed E-state index contributed by atoms with van der Waals surface area (Å²) >= 11 is 0. The van der Waals surface area contributed by atoms with Crippen LogP contribution < -0.4 is 10.5 Å². The van der Waals surface area contributed by atoms with Crippen LogP contribution in [0.3, 0.4) is 0 Å². The van der Waals surface area contributed by atoms with Crippen LogP contribution in [-0.2, 0) is 0 Å². The standard InChI is InChI=1S/C19H17N5O/c1-25-13-5-6-18(24-8-2-7-22-24)15(9-13)14-10-17(12-3-4-12)23-19(21)16(14)11-20/h2,5-10,12H,3-4H2,1H3,(H2,21,23). The Labute approximate surface area is 145 Å². The minimum Gasteiger partial charge on any atom is -0.497 e. The zero-order valence-electron chi connectivity index (χ0n) is 13.8. The average molecular weight is 331 g/mol. The number of nitrogen functional groups attached to an aromatic ring is 1. The Kier molecular flexibility index (Phi) is 3.62. The van der Waals surface area contributed by atoms with Gasteiger partial charge in [0.25, 0.3) is 0 Å². The molecule has 124 valence electrons. The smallest absolute Gasteiger partial charge is 0.142 e. The van der Waals surface area contributed by atoms with Crippen LogP contribution in [0.2, 0.25) is 0 Å². The van der Waals surface area contributed by atoms with Gasteiger partial charge >= 0.3 is 0 Å². The van der Waals surface area contributed by atoms with E-state index in [2.05, 4.69) is 16.2 Å². The van der Waals surface area contributed by atoms with E-state index in [0.29, 0.717) is 17.2 Å². The highest BCUT2D eigenvalue weighted by molar-refractivity contribution is 5.82. The van der Waals surface area contributed by atoms with Gasteiger partial charge in [0.15, 0.2) is 0 Å². The largest absolute Gasteiger partial charge is 0.497 e. The lowest BCUT2D eigenvalue weighted by Crippen LogP contribution is -2.04. The van der Waals surface area contributed by atoms with Gasteiger partial charge in [-0.1, -0.05) is 0 Å². The Hall–Kier alpha value is -3.33. The van der Waals surface area contributed by atoms with Crippen molar-refractivity contribution in [2.75, 3.05) is 12.8 Å². The number of anilines is 1. The van der Waals surface area contributed by atoms with E-state index in [1.54, 1.807) is 18.0 Å². The Morgan fingerprint density at radius 2 is 2.12 bits per heavy atom. The quantitative estimate of drug-likeness (QED) is 0.792. The predicted molar refractivity (Wildman–Crippen MR) is 94.4 cm³/mol. The van der Waals surface area contributed by atoms with Gasteiger partial charge in [-0.2, -0.15) is 10.4 Å². The topological polar surface area (TPSA) is 89.8 Å². The number of nitrogens with two attached hydrogens (primary N) is 1. The first kappa shape index (κ1) is 15.2. The minimum absolute atomic E-state index is 0.274. The Balaban J connectivity index is 1.99. The number of hydrogen-bond donors (Lipinski definition) is 1. The van der Waals surface area contributed by atoms with Gasteiger partial charge in [-0.25, -0.2) is 9.67 Å². The number of methoxy groups -OCH3 is 1. The molecule has 25 heavy (non-hydrogen) atoms. The van der Waals surface area contributed by atoms with Crippen molar-refractivity contribution in [3.63, 3.8) is 0 Å². The number of nitriles is 1. The monoisotopic (exact) mass is 331 g/mol. The summed E-state index contributed by atoms with van der Waals surface area (Å²) in [6.07, 6.45) is 5.81. The molecule has 1 aromatic carbocycles. The molecule has 0 atom stereocenters. The zero-order valence-corrected chi connectivity index (χ0v) is 13.8. The average Bonchev–Trinajstić information content (AvgIpc) is 3.35. The molecule has 1 aliphatic carbocycles. The van der Waals surface area contributed by atoms with Crippen molar-refractivity contribution < 1.29 is 4.74 Å². The molecule has 2 N–H and O–H groups in total. The second-order valence-electron chi connectivity index (χ2n) is 6.07. The number of hydrogen-bond acceptors (Lipinski definition) is 5. The van der Waals surface area contributed by atoms with E-state index in [-0.39, 0.29) is 5.82 Å². The normalized spacial score (nSPS) is 13.4. The van der Waals surface area contributed by atoms with E-state index in [1.165, 1.54) is 0 Å². The number of benzene rings is 1. The summed E-state index contributed by atoms with van der Waals surface area (Å²) in [6.45, 7) is 0. The lowest BCUT2D eigenvalue weighted by molar-refractivity contribution is 0.415. The molecule has 6 heteroatoms. The summed E-state index contributed by atoms with van der Waals surface area (Å²) in [5.74, 6) is 1.42. The first-order valence-electron chi connectivity index (χ1n) is 8.10. The number of aromatic nitrogens is 3. The maximum absolute atomic E-state index is 9.63. The summed E-state index contributed by atoms with van der Waals surface area (Å²) in [6, 6.07) is 11.7. The van der Waals surface area contributed by atoms with Crippen LogP contribution in [0.15, 0.2) is 42.7 Å². The summed E-state index contributed by atoms with van der Waals surface area (Å²) in [4.78, 5) is 4.43. The minimum atomic E-state index is 0.274. The molecule has 0 unspecified atom stereocenters.